The molecule has 2 rings (SSSR count). The summed E-state index contributed by atoms with van der Waals surface area (Å²) in [6, 6.07) is 10.0. The highest BCUT2D eigenvalue weighted by atomic mass is 79.9. The third kappa shape index (κ3) is 5.46. The molecule has 0 aliphatic carbocycles. The Morgan fingerprint density at radius 1 is 1.11 bits per heavy atom. The Labute approximate surface area is 172 Å². The summed E-state index contributed by atoms with van der Waals surface area (Å²) < 4.78 is 16.4. The quantitative estimate of drug-likeness (QED) is 0.571. The lowest BCUT2D eigenvalue weighted by atomic mass is 10.1. The Bertz CT molecular complexity index is 841. The third-order valence-electron chi connectivity index (χ3n) is 3.79. The van der Waals surface area contributed by atoms with Crippen LogP contribution in [-0.4, -0.2) is 45.8 Å². The fourth-order valence-corrected chi connectivity index (χ4v) is 3.04. The van der Waals surface area contributed by atoms with E-state index in [1.165, 1.54) is 7.11 Å². The molecule has 2 aromatic rings. The predicted octanol–water partition coefficient (Wildman–Crippen LogP) is 3.48. The van der Waals surface area contributed by atoms with Gasteiger partial charge in [-0.3, -0.25) is 9.59 Å². The van der Waals surface area contributed by atoms with Crippen molar-refractivity contribution in [2.45, 2.75) is 6.92 Å². The molecule has 0 fully saturated rings. The van der Waals surface area contributed by atoms with Gasteiger partial charge in [0.15, 0.2) is 11.5 Å². The number of benzene rings is 2. The normalized spacial score (nSPS) is 10.3. The van der Waals surface area contributed by atoms with Crippen LogP contribution in [0.1, 0.15) is 27.6 Å². The third-order valence-corrected chi connectivity index (χ3v) is 4.38. The van der Waals surface area contributed by atoms with Gasteiger partial charge >= 0.3 is 0 Å². The zero-order valence-electron chi connectivity index (χ0n) is 16.0. The standard InChI is InChI=1S/C20H23BrN2O5/c1-4-28-18-15(21)11-13(12-17(18)27-3)19(24)23-16-8-6-5-7-14(16)20(25)22-9-10-26-2/h5-8,11-12H,4,9-10H2,1-3H3,(H,22,25)(H,23,24). The zero-order chi connectivity index (χ0) is 20.5. The van der Waals surface area contributed by atoms with Crippen molar-refractivity contribution in [1.29, 1.82) is 0 Å². The van der Waals surface area contributed by atoms with Gasteiger partial charge in [0.25, 0.3) is 11.8 Å². The molecule has 0 unspecified atom stereocenters. The van der Waals surface area contributed by atoms with Gasteiger partial charge in [-0.05, 0) is 47.1 Å². The fraction of sp³-hybridized carbons (Fsp3) is 0.300. The monoisotopic (exact) mass is 450 g/mol. The lowest BCUT2D eigenvalue weighted by Crippen LogP contribution is -2.28. The Balaban J connectivity index is 2.24. The molecule has 2 aromatic carbocycles. The van der Waals surface area contributed by atoms with Gasteiger partial charge < -0.3 is 24.8 Å². The first kappa shape index (κ1) is 21.7. The molecule has 28 heavy (non-hydrogen) atoms. The largest absolute Gasteiger partial charge is 0.493 e. The first-order valence-corrected chi connectivity index (χ1v) is 9.49. The minimum absolute atomic E-state index is 0.293. The van der Waals surface area contributed by atoms with Crippen molar-refractivity contribution < 1.29 is 23.8 Å². The van der Waals surface area contributed by atoms with Gasteiger partial charge in [-0.25, -0.2) is 0 Å². The summed E-state index contributed by atoms with van der Waals surface area (Å²) in [5, 5.41) is 5.52. The second-order valence-electron chi connectivity index (χ2n) is 5.67. The minimum Gasteiger partial charge on any atom is -0.493 e. The Kier molecular flexibility index (Phi) is 8.28. The maximum Gasteiger partial charge on any atom is 0.255 e. The van der Waals surface area contributed by atoms with Crippen LogP contribution in [0.2, 0.25) is 0 Å². The molecule has 0 heterocycles. The first-order chi connectivity index (χ1) is 13.5. The first-order valence-electron chi connectivity index (χ1n) is 8.69. The zero-order valence-corrected chi connectivity index (χ0v) is 17.6. The van der Waals surface area contributed by atoms with Crippen molar-refractivity contribution in [3.05, 3.63) is 52.0 Å². The molecular formula is C20H23BrN2O5. The number of anilines is 1. The number of para-hydroxylation sites is 1. The van der Waals surface area contributed by atoms with E-state index in [2.05, 4.69) is 26.6 Å². The van der Waals surface area contributed by atoms with E-state index in [4.69, 9.17) is 14.2 Å². The molecule has 0 radical (unpaired) electrons. The predicted molar refractivity (Wildman–Crippen MR) is 110 cm³/mol. The van der Waals surface area contributed by atoms with Crippen molar-refractivity contribution in [1.82, 2.24) is 5.32 Å². The van der Waals surface area contributed by atoms with E-state index >= 15 is 0 Å². The number of nitrogens with one attached hydrogen (secondary N) is 2. The van der Waals surface area contributed by atoms with Crippen LogP contribution >= 0.6 is 15.9 Å². The molecule has 7 nitrogen and oxygen atoms in total. The molecule has 0 saturated heterocycles. The fourth-order valence-electron chi connectivity index (χ4n) is 2.48. The van der Waals surface area contributed by atoms with Gasteiger partial charge in [-0.1, -0.05) is 12.1 Å². The second kappa shape index (κ2) is 10.7. The molecule has 0 spiro atoms. The van der Waals surface area contributed by atoms with Gasteiger partial charge in [0.05, 0.1) is 36.0 Å². The number of carbonyl (C=O) groups is 2. The van der Waals surface area contributed by atoms with Crippen LogP contribution < -0.4 is 20.1 Å². The Hall–Kier alpha value is -2.58. The van der Waals surface area contributed by atoms with Gasteiger partial charge in [-0.15, -0.1) is 0 Å². The number of ether oxygens (including phenoxy) is 3. The highest BCUT2D eigenvalue weighted by Crippen LogP contribution is 2.36. The molecule has 2 N–H and O–H groups in total. The average molecular weight is 451 g/mol. The number of hydrogen-bond acceptors (Lipinski definition) is 5. The van der Waals surface area contributed by atoms with Crippen LogP contribution in [0.5, 0.6) is 11.5 Å². The number of hydrogen-bond donors (Lipinski definition) is 2. The van der Waals surface area contributed by atoms with Gasteiger partial charge in [0, 0.05) is 19.2 Å². The van der Waals surface area contributed by atoms with Crippen LogP contribution in [0.3, 0.4) is 0 Å². The Morgan fingerprint density at radius 2 is 1.86 bits per heavy atom. The molecule has 150 valence electrons. The van der Waals surface area contributed by atoms with Gasteiger partial charge in [0.2, 0.25) is 0 Å². The lowest BCUT2D eigenvalue weighted by molar-refractivity contribution is 0.0938. The maximum absolute atomic E-state index is 12.8. The van der Waals surface area contributed by atoms with E-state index in [1.54, 1.807) is 43.5 Å². The summed E-state index contributed by atoms with van der Waals surface area (Å²) in [7, 11) is 3.06. The molecule has 0 atom stereocenters. The van der Waals surface area contributed by atoms with E-state index in [1.807, 2.05) is 6.92 Å². The minimum atomic E-state index is -0.376. The molecule has 8 heteroatoms. The highest BCUT2D eigenvalue weighted by Gasteiger charge is 2.18. The van der Waals surface area contributed by atoms with E-state index < -0.39 is 0 Å². The van der Waals surface area contributed by atoms with E-state index in [9.17, 15) is 9.59 Å². The van der Waals surface area contributed by atoms with E-state index in [0.29, 0.717) is 52.5 Å². The molecule has 0 aliphatic rings. The van der Waals surface area contributed by atoms with Crippen LogP contribution in [0, 0.1) is 0 Å². The molecule has 0 bridgehead atoms. The van der Waals surface area contributed by atoms with Crippen molar-refractivity contribution in [2.75, 3.05) is 39.3 Å². The van der Waals surface area contributed by atoms with Crippen LogP contribution in [0.25, 0.3) is 0 Å². The van der Waals surface area contributed by atoms with Crippen molar-refractivity contribution in [3.63, 3.8) is 0 Å². The summed E-state index contributed by atoms with van der Waals surface area (Å²) in [6.45, 7) is 3.11. The van der Waals surface area contributed by atoms with Crippen molar-refractivity contribution in [3.8, 4) is 11.5 Å². The van der Waals surface area contributed by atoms with E-state index in [0.717, 1.165) is 0 Å². The number of halogens is 1. The van der Waals surface area contributed by atoms with Gasteiger partial charge in [-0.2, -0.15) is 0 Å². The number of carbonyl (C=O) groups excluding carboxylic acids is 2. The second-order valence-corrected chi connectivity index (χ2v) is 6.53. The van der Waals surface area contributed by atoms with Crippen LogP contribution in [-0.2, 0) is 4.74 Å². The lowest BCUT2D eigenvalue weighted by Gasteiger charge is -2.14. The highest BCUT2D eigenvalue weighted by molar-refractivity contribution is 9.10. The average Bonchev–Trinajstić information content (AvgIpc) is 2.69. The molecule has 0 aromatic heterocycles. The van der Waals surface area contributed by atoms with Crippen molar-refractivity contribution in [2.24, 2.45) is 0 Å². The maximum atomic E-state index is 12.8. The smallest absolute Gasteiger partial charge is 0.255 e. The summed E-state index contributed by atoms with van der Waals surface area (Å²) >= 11 is 3.41. The topological polar surface area (TPSA) is 85.9 Å². The summed E-state index contributed by atoms with van der Waals surface area (Å²) in [6.07, 6.45) is 0. The van der Waals surface area contributed by atoms with Gasteiger partial charge in [0.1, 0.15) is 0 Å². The molecular weight excluding hydrogens is 428 g/mol. The Morgan fingerprint density at radius 3 is 2.54 bits per heavy atom. The van der Waals surface area contributed by atoms with Crippen LogP contribution in [0.15, 0.2) is 40.9 Å². The molecule has 0 saturated carbocycles. The summed E-state index contributed by atoms with van der Waals surface area (Å²) in [4.78, 5) is 25.1. The van der Waals surface area contributed by atoms with Crippen molar-refractivity contribution >= 4 is 33.4 Å². The number of rotatable bonds is 9. The van der Waals surface area contributed by atoms with Crippen LogP contribution in [0.4, 0.5) is 5.69 Å². The number of methoxy groups -OCH3 is 2. The SMILES string of the molecule is CCOc1c(Br)cc(C(=O)Nc2ccccc2C(=O)NCCOC)cc1OC. The molecule has 0 aliphatic heterocycles. The van der Waals surface area contributed by atoms with E-state index in [-0.39, 0.29) is 11.8 Å². The summed E-state index contributed by atoms with van der Waals surface area (Å²) in [5.41, 5.74) is 1.14. The number of amides is 2. The summed E-state index contributed by atoms with van der Waals surface area (Å²) in [5.74, 6) is 0.295. The molecule has 2 amide bonds.